The molecule has 0 aliphatic heterocycles. The van der Waals surface area contributed by atoms with Gasteiger partial charge in [-0.05, 0) is 41.3 Å². The Morgan fingerprint density at radius 2 is 1.83 bits per heavy atom. The van der Waals surface area contributed by atoms with Crippen LogP contribution in [0.2, 0.25) is 0 Å². The Bertz CT molecular complexity index is 1100. The van der Waals surface area contributed by atoms with Crippen LogP contribution in [0.5, 0.6) is 0 Å². The molecule has 1 heterocycles. The number of hydrogen-bond donors (Lipinski definition) is 1. The van der Waals surface area contributed by atoms with Crippen molar-refractivity contribution in [3.63, 3.8) is 0 Å². The van der Waals surface area contributed by atoms with Gasteiger partial charge in [-0.15, -0.1) is 11.3 Å². The van der Waals surface area contributed by atoms with E-state index in [-0.39, 0.29) is 17.2 Å². The molecule has 2 aromatic carbocycles. The van der Waals surface area contributed by atoms with Crippen molar-refractivity contribution in [3.8, 4) is 0 Å². The molecule has 0 aliphatic rings. The van der Waals surface area contributed by atoms with E-state index < -0.39 is 15.5 Å². The van der Waals surface area contributed by atoms with Crippen molar-refractivity contribution in [1.29, 1.82) is 0 Å². The molecule has 0 amide bonds. The fourth-order valence-electron chi connectivity index (χ4n) is 2.35. The topological polar surface area (TPSA) is 111 Å². The maximum Gasteiger partial charge on any atom is 0.301 e. The lowest BCUT2D eigenvalue weighted by Crippen LogP contribution is -2.02. The van der Waals surface area contributed by atoms with Gasteiger partial charge in [0.1, 0.15) is 17.2 Å². The molecule has 10 heteroatoms. The molecule has 3 rings (SSSR count). The van der Waals surface area contributed by atoms with Crippen LogP contribution >= 0.6 is 11.3 Å². The molecule has 0 radical (unpaired) electrons. The normalized spacial score (nSPS) is 11.6. The summed E-state index contributed by atoms with van der Waals surface area (Å²) in [5.41, 5.74) is 3.01. The Morgan fingerprint density at radius 1 is 1.07 bits per heavy atom. The minimum atomic E-state index is -0.718. The highest BCUT2D eigenvalue weighted by atomic mass is 32.1. The molecule has 0 spiro atoms. The largest absolute Gasteiger partial charge is 0.301 e. The lowest BCUT2D eigenvalue weighted by Gasteiger charge is -2.04. The van der Waals surface area contributed by atoms with E-state index >= 15 is 0 Å². The number of hydrazone groups is 1. The van der Waals surface area contributed by atoms with Gasteiger partial charge in [-0.1, -0.05) is 24.3 Å². The molecule has 29 heavy (non-hydrogen) atoms. The number of halogens is 1. The highest BCUT2D eigenvalue weighted by molar-refractivity contribution is 7.12. The molecule has 0 saturated carbocycles. The highest BCUT2D eigenvalue weighted by Crippen LogP contribution is 2.29. The summed E-state index contributed by atoms with van der Waals surface area (Å²) in [6.07, 6.45) is 3.41. The first-order valence-electron chi connectivity index (χ1n) is 8.18. The SMILES string of the molecule is O=[N+]([O-])c1ccc(N/N=C(/C=C/c2ccc(F)cc2)c2cccs2)c([N+](=O)[O-])c1. The minimum absolute atomic E-state index is 0.0184. The third-order valence-electron chi connectivity index (χ3n) is 3.76. The van der Waals surface area contributed by atoms with Crippen LogP contribution in [0.15, 0.2) is 71.2 Å². The summed E-state index contributed by atoms with van der Waals surface area (Å²) in [6.45, 7) is 0. The zero-order valence-electron chi connectivity index (χ0n) is 14.7. The number of rotatable bonds is 7. The molecule has 0 saturated heterocycles. The van der Waals surface area contributed by atoms with Crippen LogP contribution in [0, 0.1) is 26.0 Å². The van der Waals surface area contributed by atoms with Gasteiger partial charge in [0.05, 0.1) is 20.8 Å². The van der Waals surface area contributed by atoms with E-state index in [1.165, 1.54) is 29.5 Å². The second-order valence-corrected chi connectivity index (χ2v) is 6.63. The second-order valence-electron chi connectivity index (χ2n) is 5.69. The number of thiophene rings is 1. The molecule has 1 aromatic heterocycles. The molecular formula is C19H13FN4O4S. The van der Waals surface area contributed by atoms with Crippen LogP contribution in [0.1, 0.15) is 10.4 Å². The molecule has 0 atom stereocenters. The quantitative estimate of drug-likeness (QED) is 0.324. The Hall–Kier alpha value is -3.92. The van der Waals surface area contributed by atoms with E-state index in [0.29, 0.717) is 5.71 Å². The third-order valence-corrected chi connectivity index (χ3v) is 4.66. The van der Waals surface area contributed by atoms with Crippen molar-refractivity contribution in [2.75, 3.05) is 5.43 Å². The van der Waals surface area contributed by atoms with Crippen LogP contribution in [0.4, 0.5) is 21.5 Å². The number of benzene rings is 2. The van der Waals surface area contributed by atoms with Crippen LogP contribution < -0.4 is 5.43 Å². The first-order chi connectivity index (χ1) is 13.9. The van der Waals surface area contributed by atoms with Gasteiger partial charge in [0.15, 0.2) is 0 Å². The zero-order chi connectivity index (χ0) is 20.8. The Kier molecular flexibility index (Phi) is 6.05. The van der Waals surface area contributed by atoms with Gasteiger partial charge in [0, 0.05) is 6.07 Å². The first kappa shape index (κ1) is 19.8. The maximum atomic E-state index is 13.0. The minimum Gasteiger partial charge on any atom is -0.271 e. The molecule has 0 fully saturated rings. The number of hydrogen-bond acceptors (Lipinski definition) is 7. The molecule has 0 bridgehead atoms. The average Bonchev–Trinajstić information content (AvgIpc) is 3.23. The number of nitrogens with one attached hydrogen (secondary N) is 1. The predicted molar refractivity (Wildman–Crippen MR) is 110 cm³/mol. The summed E-state index contributed by atoms with van der Waals surface area (Å²) < 4.78 is 13.0. The number of allylic oxidation sites excluding steroid dienone is 1. The van der Waals surface area contributed by atoms with Crippen molar-refractivity contribution in [1.82, 2.24) is 0 Å². The molecule has 1 N–H and O–H groups in total. The third kappa shape index (κ3) is 5.08. The summed E-state index contributed by atoms with van der Waals surface area (Å²) in [4.78, 5) is 21.5. The van der Waals surface area contributed by atoms with E-state index in [9.17, 15) is 24.6 Å². The molecule has 146 valence electrons. The van der Waals surface area contributed by atoms with E-state index in [1.807, 2.05) is 17.5 Å². The van der Waals surface area contributed by atoms with Crippen LogP contribution in [-0.2, 0) is 0 Å². The number of nitro benzene ring substituents is 2. The van der Waals surface area contributed by atoms with E-state index in [1.54, 1.807) is 24.3 Å². The summed E-state index contributed by atoms with van der Waals surface area (Å²) >= 11 is 1.42. The summed E-state index contributed by atoms with van der Waals surface area (Å²) in [7, 11) is 0. The molecule has 3 aromatic rings. The van der Waals surface area contributed by atoms with Crippen molar-refractivity contribution < 1.29 is 14.2 Å². The van der Waals surface area contributed by atoms with Gasteiger partial charge in [0.25, 0.3) is 5.69 Å². The Morgan fingerprint density at radius 3 is 2.45 bits per heavy atom. The van der Waals surface area contributed by atoms with E-state index in [0.717, 1.165) is 22.6 Å². The number of nitro groups is 2. The Labute approximate surface area is 167 Å². The van der Waals surface area contributed by atoms with Crippen LogP contribution in [0.25, 0.3) is 6.08 Å². The van der Waals surface area contributed by atoms with Crippen molar-refractivity contribution in [2.24, 2.45) is 5.10 Å². The molecular weight excluding hydrogens is 399 g/mol. The van der Waals surface area contributed by atoms with Crippen LogP contribution in [-0.4, -0.2) is 15.6 Å². The predicted octanol–water partition coefficient (Wildman–Crippen LogP) is 5.23. The average molecular weight is 412 g/mol. The van der Waals surface area contributed by atoms with Gasteiger partial charge >= 0.3 is 5.69 Å². The smallest absolute Gasteiger partial charge is 0.271 e. The standard InChI is InChI=1S/C19H13FN4O4S/c20-14-6-3-13(4-7-14)5-9-17(19-2-1-11-29-19)22-21-16-10-8-15(23(25)26)12-18(16)24(27)28/h1-12,21H/b9-5+,22-17-. The lowest BCUT2D eigenvalue weighted by atomic mass is 10.2. The Balaban J connectivity index is 1.92. The summed E-state index contributed by atoms with van der Waals surface area (Å²) in [6, 6.07) is 12.8. The molecule has 0 unspecified atom stereocenters. The number of anilines is 1. The molecule has 8 nitrogen and oxygen atoms in total. The zero-order valence-corrected chi connectivity index (χ0v) is 15.5. The fraction of sp³-hybridized carbons (Fsp3) is 0. The van der Waals surface area contributed by atoms with Gasteiger partial charge in [-0.25, -0.2) is 4.39 Å². The van der Waals surface area contributed by atoms with Gasteiger partial charge in [-0.3, -0.25) is 25.7 Å². The lowest BCUT2D eigenvalue weighted by molar-refractivity contribution is -0.393. The van der Waals surface area contributed by atoms with E-state index in [4.69, 9.17) is 0 Å². The van der Waals surface area contributed by atoms with Gasteiger partial charge < -0.3 is 0 Å². The molecule has 0 aliphatic carbocycles. The van der Waals surface area contributed by atoms with Crippen LogP contribution in [0.3, 0.4) is 0 Å². The van der Waals surface area contributed by atoms with E-state index in [2.05, 4.69) is 10.5 Å². The maximum absolute atomic E-state index is 13.0. The van der Waals surface area contributed by atoms with Crippen molar-refractivity contribution in [2.45, 2.75) is 0 Å². The highest BCUT2D eigenvalue weighted by Gasteiger charge is 2.19. The number of non-ortho nitro benzene ring substituents is 1. The van der Waals surface area contributed by atoms with Gasteiger partial charge in [0.2, 0.25) is 0 Å². The van der Waals surface area contributed by atoms with Crippen molar-refractivity contribution in [3.05, 3.63) is 103 Å². The summed E-state index contributed by atoms with van der Waals surface area (Å²) in [5.74, 6) is -0.346. The second kappa shape index (κ2) is 8.85. The van der Waals surface area contributed by atoms with Crippen molar-refractivity contribution >= 4 is 40.2 Å². The fourth-order valence-corrected chi connectivity index (χ4v) is 3.04. The first-order valence-corrected chi connectivity index (χ1v) is 9.06. The van der Waals surface area contributed by atoms with Gasteiger partial charge in [-0.2, -0.15) is 5.10 Å². The monoisotopic (exact) mass is 412 g/mol. The number of nitrogens with zero attached hydrogens (tertiary/aromatic N) is 3. The summed E-state index contributed by atoms with van der Waals surface area (Å²) in [5, 5.41) is 28.2.